The zero-order chi connectivity index (χ0) is 14.8. The number of rotatable bonds is 3. The molecule has 1 aliphatic heterocycles. The van der Waals surface area contributed by atoms with Crippen LogP contribution in [-0.2, 0) is 11.3 Å². The molecule has 1 N–H and O–H groups in total. The van der Waals surface area contributed by atoms with E-state index in [2.05, 4.69) is 5.32 Å². The third-order valence-corrected chi connectivity index (χ3v) is 3.94. The predicted molar refractivity (Wildman–Crippen MR) is 82.6 cm³/mol. The first kappa shape index (κ1) is 13.6. The van der Waals surface area contributed by atoms with Gasteiger partial charge in [0.1, 0.15) is 5.70 Å². The number of imide groups is 1. The third kappa shape index (κ3) is 2.87. The number of nitrogens with one attached hydrogen (secondary N) is 1. The van der Waals surface area contributed by atoms with E-state index in [0.29, 0.717) is 5.70 Å². The molecular formula is C16H14N2O2S. The molecule has 1 fully saturated rings. The van der Waals surface area contributed by atoms with Gasteiger partial charge in [-0.05, 0) is 41.0 Å². The van der Waals surface area contributed by atoms with Crippen molar-refractivity contribution in [1.29, 1.82) is 0 Å². The Labute approximate surface area is 126 Å². The SMILES string of the molecule is Cc1cccc(CN2C(=O)N/C(=C/c3ccsc3)C2=O)c1. The molecule has 0 atom stereocenters. The molecule has 3 amide bonds. The van der Waals surface area contributed by atoms with Crippen LogP contribution in [0.3, 0.4) is 0 Å². The summed E-state index contributed by atoms with van der Waals surface area (Å²) in [7, 11) is 0. The lowest BCUT2D eigenvalue weighted by atomic mass is 10.1. The average Bonchev–Trinajstić information content (AvgIpc) is 3.04. The van der Waals surface area contributed by atoms with Gasteiger partial charge >= 0.3 is 6.03 Å². The van der Waals surface area contributed by atoms with Crippen LogP contribution < -0.4 is 5.32 Å². The van der Waals surface area contributed by atoms with Crippen molar-refractivity contribution in [2.75, 3.05) is 0 Å². The molecule has 1 aromatic carbocycles. The Morgan fingerprint density at radius 3 is 2.86 bits per heavy atom. The van der Waals surface area contributed by atoms with Gasteiger partial charge in [-0.15, -0.1) is 0 Å². The topological polar surface area (TPSA) is 49.4 Å². The first-order valence-electron chi connectivity index (χ1n) is 6.56. The molecule has 0 spiro atoms. The summed E-state index contributed by atoms with van der Waals surface area (Å²) < 4.78 is 0. The number of urea groups is 1. The summed E-state index contributed by atoms with van der Waals surface area (Å²) in [4.78, 5) is 25.5. The molecule has 0 radical (unpaired) electrons. The molecule has 2 aromatic rings. The van der Waals surface area contributed by atoms with Crippen molar-refractivity contribution >= 4 is 29.4 Å². The largest absolute Gasteiger partial charge is 0.329 e. The zero-order valence-electron chi connectivity index (χ0n) is 11.5. The first-order chi connectivity index (χ1) is 10.1. The van der Waals surface area contributed by atoms with Gasteiger partial charge in [0.25, 0.3) is 5.91 Å². The van der Waals surface area contributed by atoms with Crippen molar-refractivity contribution in [3.63, 3.8) is 0 Å². The second-order valence-electron chi connectivity index (χ2n) is 4.93. The standard InChI is InChI=1S/C16H14N2O2S/c1-11-3-2-4-12(7-11)9-18-15(19)14(17-16(18)20)8-13-5-6-21-10-13/h2-8,10H,9H2,1H3,(H,17,20)/b14-8+. The molecule has 0 saturated carbocycles. The van der Waals surface area contributed by atoms with E-state index in [9.17, 15) is 9.59 Å². The minimum atomic E-state index is -0.372. The molecule has 106 valence electrons. The van der Waals surface area contributed by atoms with Crippen LogP contribution in [0.2, 0.25) is 0 Å². The number of hydrogen-bond acceptors (Lipinski definition) is 3. The predicted octanol–water partition coefficient (Wildman–Crippen LogP) is 3.15. The summed E-state index contributed by atoms with van der Waals surface area (Å²) in [6.07, 6.45) is 1.70. The fourth-order valence-electron chi connectivity index (χ4n) is 2.23. The van der Waals surface area contributed by atoms with Gasteiger partial charge in [-0.1, -0.05) is 29.8 Å². The van der Waals surface area contributed by atoms with E-state index in [4.69, 9.17) is 0 Å². The number of carbonyl (C=O) groups excluding carboxylic acids is 2. The van der Waals surface area contributed by atoms with Crippen LogP contribution in [0.15, 0.2) is 46.8 Å². The van der Waals surface area contributed by atoms with Gasteiger partial charge in [0, 0.05) is 0 Å². The maximum atomic E-state index is 12.3. The number of benzene rings is 1. The molecule has 3 rings (SSSR count). The highest BCUT2D eigenvalue weighted by atomic mass is 32.1. The Morgan fingerprint density at radius 1 is 1.29 bits per heavy atom. The molecule has 0 aliphatic carbocycles. The van der Waals surface area contributed by atoms with E-state index in [1.807, 2.05) is 48.0 Å². The van der Waals surface area contributed by atoms with E-state index < -0.39 is 0 Å². The zero-order valence-corrected chi connectivity index (χ0v) is 12.3. The van der Waals surface area contributed by atoms with Gasteiger partial charge < -0.3 is 5.32 Å². The maximum Gasteiger partial charge on any atom is 0.329 e. The van der Waals surface area contributed by atoms with Crippen molar-refractivity contribution in [3.05, 3.63) is 63.5 Å². The van der Waals surface area contributed by atoms with E-state index in [1.54, 1.807) is 17.4 Å². The molecule has 21 heavy (non-hydrogen) atoms. The van der Waals surface area contributed by atoms with Gasteiger partial charge in [-0.3, -0.25) is 9.69 Å². The van der Waals surface area contributed by atoms with Crippen molar-refractivity contribution in [2.24, 2.45) is 0 Å². The number of hydrogen-bond donors (Lipinski definition) is 1. The molecule has 1 aliphatic rings. The molecule has 1 saturated heterocycles. The van der Waals surface area contributed by atoms with Crippen molar-refractivity contribution in [1.82, 2.24) is 10.2 Å². The molecular weight excluding hydrogens is 284 g/mol. The normalized spacial score (nSPS) is 16.6. The number of thiophene rings is 1. The molecule has 1 aromatic heterocycles. The third-order valence-electron chi connectivity index (χ3n) is 3.24. The average molecular weight is 298 g/mol. The van der Waals surface area contributed by atoms with Crippen LogP contribution in [0, 0.1) is 6.92 Å². The van der Waals surface area contributed by atoms with Gasteiger partial charge in [0.2, 0.25) is 0 Å². The Morgan fingerprint density at radius 2 is 2.14 bits per heavy atom. The van der Waals surface area contributed by atoms with E-state index in [-0.39, 0.29) is 18.5 Å². The van der Waals surface area contributed by atoms with Crippen LogP contribution in [0.25, 0.3) is 6.08 Å². The molecule has 0 bridgehead atoms. The van der Waals surface area contributed by atoms with Gasteiger partial charge in [0.05, 0.1) is 6.54 Å². The van der Waals surface area contributed by atoms with E-state index >= 15 is 0 Å². The molecule has 2 heterocycles. The fourth-order valence-corrected chi connectivity index (χ4v) is 2.85. The first-order valence-corrected chi connectivity index (χ1v) is 7.50. The molecule has 4 nitrogen and oxygen atoms in total. The van der Waals surface area contributed by atoms with Crippen LogP contribution >= 0.6 is 11.3 Å². The van der Waals surface area contributed by atoms with Crippen molar-refractivity contribution < 1.29 is 9.59 Å². The highest BCUT2D eigenvalue weighted by Crippen LogP contribution is 2.18. The minimum Gasteiger partial charge on any atom is -0.303 e. The fraction of sp³-hybridized carbons (Fsp3) is 0.125. The van der Waals surface area contributed by atoms with E-state index in [0.717, 1.165) is 16.7 Å². The number of aryl methyl sites for hydroxylation is 1. The summed E-state index contributed by atoms with van der Waals surface area (Å²) in [5.41, 5.74) is 3.29. The molecule has 5 heteroatoms. The second kappa shape index (κ2) is 5.54. The highest BCUT2D eigenvalue weighted by molar-refractivity contribution is 7.08. The number of nitrogens with zero attached hydrogens (tertiary/aromatic N) is 1. The Bertz CT molecular complexity index is 720. The summed E-state index contributed by atoms with van der Waals surface area (Å²) in [5, 5.41) is 6.49. The summed E-state index contributed by atoms with van der Waals surface area (Å²) in [6.45, 7) is 2.27. The van der Waals surface area contributed by atoms with Crippen molar-refractivity contribution in [2.45, 2.75) is 13.5 Å². The summed E-state index contributed by atoms with van der Waals surface area (Å²) in [6, 6.07) is 9.32. The lowest BCUT2D eigenvalue weighted by Crippen LogP contribution is -2.30. The summed E-state index contributed by atoms with van der Waals surface area (Å²) in [5.74, 6) is -0.285. The van der Waals surface area contributed by atoms with Crippen LogP contribution in [0.5, 0.6) is 0 Å². The maximum absolute atomic E-state index is 12.3. The van der Waals surface area contributed by atoms with Crippen molar-refractivity contribution in [3.8, 4) is 0 Å². The number of amides is 3. The summed E-state index contributed by atoms with van der Waals surface area (Å²) >= 11 is 1.55. The number of carbonyl (C=O) groups is 2. The lowest BCUT2D eigenvalue weighted by Gasteiger charge is -2.12. The quantitative estimate of drug-likeness (QED) is 0.699. The van der Waals surface area contributed by atoms with E-state index in [1.165, 1.54) is 4.90 Å². The monoisotopic (exact) mass is 298 g/mol. The Balaban J connectivity index is 1.81. The van der Waals surface area contributed by atoms with Crippen LogP contribution in [0.1, 0.15) is 16.7 Å². The Kier molecular flexibility index (Phi) is 3.58. The second-order valence-corrected chi connectivity index (χ2v) is 5.71. The Hall–Kier alpha value is -2.40. The van der Waals surface area contributed by atoms with Crippen LogP contribution in [0.4, 0.5) is 4.79 Å². The van der Waals surface area contributed by atoms with Gasteiger partial charge in [-0.2, -0.15) is 11.3 Å². The van der Waals surface area contributed by atoms with Gasteiger partial charge in [0.15, 0.2) is 0 Å². The highest BCUT2D eigenvalue weighted by Gasteiger charge is 2.33. The minimum absolute atomic E-state index is 0.285. The van der Waals surface area contributed by atoms with Crippen LogP contribution in [-0.4, -0.2) is 16.8 Å². The smallest absolute Gasteiger partial charge is 0.303 e. The lowest BCUT2D eigenvalue weighted by molar-refractivity contribution is -0.123. The van der Waals surface area contributed by atoms with Gasteiger partial charge in [-0.25, -0.2) is 4.79 Å². The molecule has 0 unspecified atom stereocenters.